The van der Waals surface area contributed by atoms with Crippen molar-refractivity contribution in [2.75, 3.05) is 13.2 Å². The van der Waals surface area contributed by atoms with E-state index in [0.717, 1.165) is 37.0 Å². The molecule has 1 atom stereocenters. The third-order valence-corrected chi connectivity index (χ3v) is 4.47. The van der Waals surface area contributed by atoms with Crippen LogP contribution in [0.2, 0.25) is 0 Å². The predicted octanol–water partition coefficient (Wildman–Crippen LogP) is 3.23. The van der Waals surface area contributed by atoms with Crippen LogP contribution in [0.4, 0.5) is 0 Å². The first-order chi connectivity index (χ1) is 12.3. The Hall–Kier alpha value is -1.59. The van der Waals surface area contributed by atoms with E-state index in [1.54, 1.807) is 0 Å². The molecule has 1 aromatic carbocycles. The van der Waals surface area contributed by atoms with E-state index in [1.165, 1.54) is 0 Å². The molecule has 0 radical (unpaired) electrons. The van der Waals surface area contributed by atoms with Crippen molar-refractivity contribution in [3.8, 4) is 5.75 Å². The monoisotopic (exact) mass is 363 g/mol. The number of ether oxygens (including phenoxy) is 2. The summed E-state index contributed by atoms with van der Waals surface area (Å²) >= 11 is 0. The number of aliphatic hydroxyl groups is 1. The van der Waals surface area contributed by atoms with Crippen LogP contribution in [0.3, 0.4) is 0 Å². The lowest BCUT2D eigenvalue weighted by atomic mass is 10.1. The number of benzene rings is 1. The Balaban J connectivity index is 1.78. The molecule has 2 rings (SSSR count). The molecule has 0 amide bonds. The predicted molar refractivity (Wildman–Crippen MR) is 102 cm³/mol. The lowest BCUT2D eigenvalue weighted by molar-refractivity contribution is -0.148. The second-order valence-corrected chi connectivity index (χ2v) is 8.10. The molecule has 5 nitrogen and oxygen atoms in total. The molecule has 0 aliphatic heterocycles. The van der Waals surface area contributed by atoms with E-state index in [1.807, 2.05) is 24.3 Å². The van der Waals surface area contributed by atoms with Gasteiger partial charge in [0.2, 0.25) is 0 Å². The van der Waals surface area contributed by atoms with Crippen LogP contribution < -0.4 is 10.1 Å². The van der Waals surface area contributed by atoms with Crippen molar-refractivity contribution in [1.82, 2.24) is 5.32 Å². The highest BCUT2D eigenvalue weighted by Crippen LogP contribution is 2.23. The maximum atomic E-state index is 12.0. The van der Waals surface area contributed by atoms with Gasteiger partial charge in [0, 0.05) is 18.5 Å². The summed E-state index contributed by atoms with van der Waals surface area (Å²) in [5, 5.41) is 13.3. The van der Waals surface area contributed by atoms with Crippen molar-refractivity contribution >= 4 is 5.97 Å². The zero-order valence-electron chi connectivity index (χ0n) is 16.3. The van der Waals surface area contributed by atoms with E-state index in [9.17, 15) is 9.90 Å². The van der Waals surface area contributed by atoms with Crippen molar-refractivity contribution in [1.29, 1.82) is 0 Å². The fourth-order valence-electron chi connectivity index (χ4n) is 3.01. The lowest BCUT2D eigenvalue weighted by Crippen LogP contribution is -2.42. The van der Waals surface area contributed by atoms with Crippen LogP contribution in [-0.2, 0) is 16.0 Å². The second-order valence-electron chi connectivity index (χ2n) is 8.10. The Kier molecular flexibility index (Phi) is 7.91. The minimum atomic E-state index is -0.588. The van der Waals surface area contributed by atoms with Gasteiger partial charge >= 0.3 is 5.97 Å². The number of para-hydroxylation sites is 1. The highest BCUT2D eigenvalue weighted by molar-refractivity contribution is 5.70. The molecule has 26 heavy (non-hydrogen) atoms. The SMILES string of the molecule is CC(C)(C)NCC(O)COc1ccccc1CCC(=O)OC1CCCC1. The molecule has 0 saturated heterocycles. The Morgan fingerprint density at radius 2 is 1.96 bits per heavy atom. The van der Waals surface area contributed by atoms with Crippen LogP contribution in [0.15, 0.2) is 24.3 Å². The molecule has 1 saturated carbocycles. The Morgan fingerprint density at radius 3 is 2.65 bits per heavy atom. The Labute approximate surface area is 157 Å². The first-order valence-corrected chi connectivity index (χ1v) is 9.67. The largest absolute Gasteiger partial charge is 0.491 e. The zero-order valence-corrected chi connectivity index (χ0v) is 16.3. The fourth-order valence-corrected chi connectivity index (χ4v) is 3.01. The van der Waals surface area contributed by atoms with Gasteiger partial charge in [0.25, 0.3) is 0 Å². The van der Waals surface area contributed by atoms with E-state index >= 15 is 0 Å². The van der Waals surface area contributed by atoms with Gasteiger partial charge in [0.05, 0.1) is 0 Å². The minimum Gasteiger partial charge on any atom is -0.491 e. The summed E-state index contributed by atoms with van der Waals surface area (Å²) in [6.45, 7) is 6.85. The molecule has 2 N–H and O–H groups in total. The summed E-state index contributed by atoms with van der Waals surface area (Å²) in [6, 6.07) is 7.66. The van der Waals surface area contributed by atoms with Crippen molar-refractivity contribution in [2.45, 2.75) is 77.0 Å². The van der Waals surface area contributed by atoms with Crippen LogP contribution in [0.5, 0.6) is 5.75 Å². The average Bonchev–Trinajstić information content (AvgIpc) is 3.09. The van der Waals surface area contributed by atoms with Crippen LogP contribution in [0.25, 0.3) is 0 Å². The Morgan fingerprint density at radius 1 is 1.27 bits per heavy atom. The van der Waals surface area contributed by atoms with Crippen molar-refractivity contribution in [2.24, 2.45) is 0 Å². The second kappa shape index (κ2) is 9.93. The van der Waals surface area contributed by atoms with Gasteiger partial charge in [-0.05, 0) is 64.5 Å². The van der Waals surface area contributed by atoms with Crippen LogP contribution in [-0.4, -0.2) is 42.0 Å². The molecule has 1 fully saturated rings. The van der Waals surface area contributed by atoms with Gasteiger partial charge in [-0.15, -0.1) is 0 Å². The van der Waals surface area contributed by atoms with E-state index in [0.29, 0.717) is 19.4 Å². The van der Waals surface area contributed by atoms with Gasteiger partial charge in [0.15, 0.2) is 0 Å². The number of hydrogen-bond acceptors (Lipinski definition) is 5. The van der Waals surface area contributed by atoms with E-state index in [4.69, 9.17) is 9.47 Å². The topological polar surface area (TPSA) is 67.8 Å². The number of nitrogens with one attached hydrogen (secondary N) is 1. The Bertz CT molecular complexity index is 561. The number of carbonyl (C=O) groups is 1. The normalized spacial score (nSPS) is 16.5. The molecular formula is C21H33NO4. The molecular weight excluding hydrogens is 330 g/mol. The average molecular weight is 363 g/mol. The maximum absolute atomic E-state index is 12.0. The van der Waals surface area contributed by atoms with E-state index in [2.05, 4.69) is 26.1 Å². The first kappa shape index (κ1) is 20.7. The van der Waals surface area contributed by atoms with Crippen molar-refractivity contribution in [3.05, 3.63) is 29.8 Å². The fraction of sp³-hybridized carbons (Fsp3) is 0.667. The zero-order chi connectivity index (χ0) is 19.0. The molecule has 0 aromatic heterocycles. The first-order valence-electron chi connectivity index (χ1n) is 9.67. The van der Waals surface area contributed by atoms with Crippen LogP contribution >= 0.6 is 0 Å². The smallest absolute Gasteiger partial charge is 0.306 e. The van der Waals surface area contributed by atoms with Crippen molar-refractivity contribution < 1.29 is 19.4 Å². The molecule has 146 valence electrons. The molecule has 0 bridgehead atoms. The number of hydrogen-bond donors (Lipinski definition) is 2. The van der Waals surface area contributed by atoms with Crippen molar-refractivity contribution in [3.63, 3.8) is 0 Å². The van der Waals surface area contributed by atoms with E-state index < -0.39 is 6.10 Å². The molecule has 1 aromatic rings. The highest BCUT2D eigenvalue weighted by atomic mass is 16.5. The lowest BCUT2D eigenvalue weighted by Gasteiger charge is -2.23. The number of rotatable bonds is 9. The van der Waals surface area contributed by atoms with Gasteiger partial charge in [-0.25, -0.2) is 0 Å². The third kappa shape index (κ3) is 7.75. The van der Waals surface area contributed by atoms with E-state index in [-0.39, 0.29) is 24.2 Å². The molecule has 5 heteroatoms. The molecule has 0 spiro atoms. The summed E-state index contributed by atoms with van der Waals surface area (Å²) in [7, 11) is 0. The van der Waals surface area contributed by atoms with Gasteiger partial charge in [0.1, 0.15) is 24.6 Å². The molecule has 1 aliphatic carbocycles. The summed E-state index contributed by atoms with van der Waals surface area (Å²) in [5.74, 6) is 0.581. The standard InChI is InChI=1S/C21H33NO4/c1-21(2,3)22-14-17(23)15-25-19-11-7-4-8-16(19)12-13-20(24)26-18-9-5-6-10-18/h4,7-8,11,17-18,22-23H,5-6,9-10,12-15H2,1-3H3. The summed E-state index contributed by atoms with van der Waals surface area (Å²) in [5.41, 5.74) is 0.922. The summed E-state index contributed by atoms with van der Waals surface area (Å²) in [6.07, 6.45) is 4.75. The number of aliphatic hydroxyl groups excluding tert-OH is 1. The highest BCUT2D eigenvalue weighted by Gasteiger charge is 2.19. The van der Waals surface area contributed by atoms with Crippen LogP contribution in [0.1, 0.15) is 58.4 Å². The third-order valence-electron chi connectivity index (χ3n) is 4.47. The summed E-state index contributed by atoms with van der Waals surface area (Å²) < 4.78 is 11.3. The number of carbonyl (C=O) groups excluding carboxylic acids is 1. The van der Waals surface area contributed by atoms with Crippen LogP contribution in [0, 0.1) is 0 Å². The van der Waals surface area contributed by atoms with Gasteiger partial charge in [-0.2, -0.15) is 0 Å². The summed E-state index contributed by atoms with van der Waals surface area (Å²) in [4.78, 5) is 12.0. The number of esters is 1. The van der Waals surface area contributed by atoms with Gasteiger partial charge in [-0.1, -0.05) is 18.2 Å². The van der Waals surface area contributed by atoms with Gasteiger partial charge < -0.3 is 19.9 Å². The number of aryl methyl sites for hydroxylation is 1. The quantitative estimate of drug-likeness (QED) is 0.659. The molecule has 0 heterocycles. The minimum absolute atomic E-state index is 0.0431. The number of β-amino-alcohol motifs (C(OH)–C–C–N with tert-alkyl or cyclic N) is 1. The molecule has 1 unspecified atom stereocenters. The maximum Gasteiger partial charge on any atom is 0.306 e. The van der Waals surface area contributed by atoms with Gasteiger partial charge in [-0.3, -0.25) is 4.79 Å². The molecule has 1 aliphatic rings.